The number of piperidine rings is 1. The molecule has 3 aromatic carbocycles. The van der Waals surface area contributed by atoms with E-state index >= 15 is 0 Å². The molecule has 0 unspecified atom stereocenters. The van der Waals surface area contributed by atoms with Crippen molar-refractivity contribution >= 4 is 28.7 Å². The Hall–Kier alpha value is -3.55. The number of fused-ring (bicyclic) bond motifs is 1. The van der Waals surface area contributed by atoms with Gasteiger partial charge < -0.3 is 14.6 Å². The van der Waals surface area contributed by atoms with Gasteiger partial charge >= 0.3 is 11.8 Å². The highest BCUT2D eigenvalue weighted by molar-refractivity contribution is 6.30. The Bertz CT molecular complexity index is 1410. The SMILES string of the molecule is O=C(OCCCN(Cc1ccccc1)Cc1cccc(Cl)c1)N1CCC(n2c(=O)[nH]c3ccccc32)CC1. The van der Waals surface area contributed by atoms with Gasteiger partial charge in [-0.1, -0.05) is 66.2 Å². The van der Waals surface area contributed by atoms with Crippen LogP contribution >= 0.6 is 11.6 Å². The van der Waals surface area contributed by atoms with E-state index in [4.69, 9.17) is 16.3 Å². The lowest BCUT2D eigenvalue weighted by molar-refractivity contribution is 0.0841. The number of nitrogens with zero attached hydrogens (tertiary/aromatic N) is 3. The standard InChI is InChI=1S/C30H33ClN4O3/c31-25-11-6-10-24(20-25)22-33(21-23-8-2-1-3-9-23)16-7-19-38-30(37)34-17-14-26(15-18-34)35-28-13-5-4-12-27(28)32-29(35)36/h1-6,8-13,20,26H,7,14-19,21-22H2,(H,32,36). The summed E-state index contributed by atoms with van der Waals surface area (Å²) < 4.78 is 7.47. The summed E-state index contributed by atoms with van der Waals surface area (Å²) in [5, 5.41) is 0.731. The van der Waals surface area contributed by atoms with Crippen molar-refractivity contribution < 1.29 is 9.53 Å². The van der Waals surface area contributed by atoms with Crippen LogP contribution in [-0.4, -0.2) is 51.7 Å². The highest BCUT2D eigenvalue weighted by Crippen LogP contribution is 2.25. The van der Waals surface area contributed by atoms with Crippen LogP contribution < -0.4 is 5.69 Å². The minimum atomic E-state index is -0.279. The van der Waals surface area contributed by atoms with Crippen molar-refractivity contribution in [3.63, 3.8) is 0 Å². The maximum absolute atomic E-state index is 12.7. The van der Waals surface area contributed by atoms with E-state index in [1.54, 1.807) is 4.90 Å². The zero-order valence-corrected chi connectivity index (χ0v) is 22.1. The van der Waals surface area contributed by atoms with Crippen LogP contribution in [0.2, 0.25) is 5.02 Å². The second-order valence-electron chi connectivity index (χ2n) is 9.83. The summed E-state index contributed by atoms with van der Waals surface area (Å²) in [6, 6.07) is 26.1. The summed E-state index contributed by atoms with van der Waals surface area (Å²) >= 11 is 6.20. The van der Waals surface area contributed by atoms with E-state index in [0.717, 1.165) is 60.5 Å². The molecule has 0 bridgehead atoms. The Morgan fingerprint density at radius 3 is 2.45 bits per heavy atom. The third-order valence-corrected chi connectivity index (χ3v) is 7.34. The van der Waals surface area contributed by atoms with Gasteiger partial charge in [0.2, 0.25) is 0 Å². The molecule has 38 heavy (non-hydrogen) atoms. The molecule has 1 amide bonds. The molecule has 0 radical (unpaired) electrons. The van der Waals surface area contributed by atoms with E-state index in [1.807, 2.05) is 65.2 Å². The summed E-state index contributed by atoms with van der Waals surface area (Å²) in [7, 11) is 0. The number of likely N-dealkylation sites (tertiary alicyclic amines) is 1. The number of benzene rings is 3. The molecule has 0 atom stereocenters. The fourth-order valence-corrected chi connectivity index (χ4v) is 5.44. The van der Waals surface area contributed by atoms with Gasteiger partial charge in [-0.15, -0.1) is 0 Å². The number of para-hydroxylation sites is 2. The fourth-order valence-electron chi connectivity index (χ4n) is 5.23. The van der Waals surface area contributed by atoms with Crippen LogP contribution in [0.1, 0.15) is 36.4 Å². The van der Waals surface area contributed by atoms with Gasteiger partial charge in [-0.25, -0.2) is 9.59 Å². The minimum absolute atomic E-state index is 0.0701. The maximum Gasteiger partial charge on any atom is 0.409 e. The van der Waals surface area contributed by atoms with Crippen LogP contribution in [0.15, 0.2) is 83.7 Å². The Balaban J connectivity index is 1.10. The number of nitrogens with one attached hydrogen (secondary N) is 1. The van der Waals surface area contributed by atoms with Gasteiger partial charge in [-0.2, -0.15) is 0 Å². The molecule has 7 nitrogen and oxygen atoms in total. The monoisotopic (exact) mass is 532 g/mol. The number of H-pyrrole nitrogens is 1. The third kappa shape index (κ3) is 6.47. The number of amides is 1. The molecular formula is C30H33ClN4O3. The van der Waals surface area contributed by atoms with Crippen molar-refractivity contribution in [3.8, 4) is 0 Å². The number of ether oxygens (including phenoxy) is 1. The summed E-state index contributed by atoms with van der Waals surface area (Å²) in [4.78, 5) is 32.3. The molecule has 0 saturated carbocycles. The Morgan fingerprint density at radius 1 is 0.947 bits per heavy atom. The molecule has 0 spiro atoms. The molecule has 0 aliphatic carbocycles. The number of halogens is 1. The molecule has 198 valence electrons. The lowest BCUT2D eigenvalue weighted by Crippen LogP contribution is -2.41. The zero-order chi connectivity index (χ0) is 26.3. The quantitative estimate of drug-likeness (QED) is 0.274. The number of rotatable bonds is 9. The predicted octanol–water partition coefficient (Wildman–Crippen LogP) is 5.85. The van der Waals surface area contributed by atoms with Crippen LogP contribution in [0.4, 0.5) is 4.79 Å². The molecule has 1 aliphatic heterocycles. The number of imidazole rings is 1. The van der Waals surface area contributed by atoms with Crippen molar-refractivity contribution in [2.45, 2.75) is 38.4 Å². The smallest absolute Gasteiger partial charge is 0.409 e. The lowest BCUT2D eigenvalue weighted by Gasteiger charge is -2.32. The molecule has 1 aliphatic rings. The van der Waals surface area contributed by atoms with E-state index in [2.05, 4.69) is 28.1 Å². The highest BCUT2D eigenvalue weighted by atomic mass is 35.5. The third-order valence-electron chi connectivity index (χ3n) is 7.10. The van der Waals surface area contributed by atoms with Gasteiger partial charge in [0, 0.05) is 43.8 Å². The van der Waals surface area contributed by atoms with Crippen molar-refractivity contribution in [1.29, 1.82) is 0 Å². The van der Waals surface area contributed by atoms with Gasteiger partial charge in [0.05, 0.1) is 17.6 Å². The van der Waals surface area contributed by atoms with Gasteiger partial charge in [-0.05, 0) is 54.7 Å². The molecule has 1 aromatic heterocycles. The topological polar surface area (TPSA) is 70.6 Å². The first-order chi connectivity index (χ1) is 18.6. The van der Waals surface area contributed by atoms with E-state index in [1.165, 1.54) is 5.56 Å². The number of aromatic nitrogens is 2. The summed E-state index contributed by atoms with van der Waals surface area (Å²) in [6.45, 7) is 3.88. The number of carbonyl (C=O) groups excluding carboxylic acids is 1. The van der Waals surface area contributed by atoms with Crippen LogP contribution in [0.3, 0.4) is 0 Å². The average molecular weight is 533 g/mol. The molecule has 5 rings (SSSR count). The molecule has 1 saturated heterocycles. The molecule has 4 aromatic rings. The molecule has 8 heteroatoms. The fraction of sp³-hybridized carbons (Fsp3) is 0.333. The molecule has 1 fully saturated rings. The second kappa shape index (κ2) is 12.3. The molecule has 2 heterocycles. The van der Waals surface area contributed by atoms with Gasteiger partial charge in [-0.3, -0.25) is 9.47 Å². The van der Waals surface area contributed by atoms with Crippen molar-refractivity contribution in [3.05, 3.63) is 105 Å². The van der Waals surface area contributed by atoms with E-state index in [9.17, 15) is 9.59 Å². The zero-order valence-electron chi connectivity index (χ0n) is 21.4. The van der Waals surface area contributed by atoms with Crippen molar-refractivity contribution in [2.75, 3.05) is 26.2 Å². The maximum atomic E-state index is 12.7. The van der Waals surface area contributed by atoms with E-state index in [-0.39, 0.29) is 17.8 Å². The summed E-state index contributed by atoms with van der Waals surface area (Å²) in [5.41, 5.74) is 4.06. The number of carbonyl (C=O) groups is 1. The molecule has 1 N–H and O–H groups in total. The first-order valence-corrected chi connectivity index (χ1v) is 13.6. The minimum Gasteiger partial charge on any atom is -0.449 e. The van der Waals surface area contributed by atoms with Crippen LogP contribution in [0, 0.1) is 0 Å². The van der Waals surface area contributed by atoms with Gasteiger partial charge in [0.15, 0.2) is 0 Å². The summed E-state index contributed by atoms with van der Waals surface area (Å²) in [6.07, 6.45) is 1.91. The summed E-state index contributed by atoms with van der Waals surface area (Å²) in [5.74, 6) is 0. The van der Waals surface area contributed by atoms with E-state index < -0.39 is 0 Å². The van der Waals surface area contributed by atoms with Gasteiger partial charge in [0.1, 0.15) is 0 Å². The first-order valence-electron chi connectivity index (χ1n) is 13.2. The van der Waals surface area contributed by atoms with E-state index in [0.29, 0.717) is 19.7 Å². The molecular weight excluding hydrogens is 500 g/mol. The Kier molecular flexibility index (Phi) is 8.46. The van der Waals surface area contributed by atoms with Gasteiger partial charge in [0.25, 0.3) is 0 Å². The second-order valence-corrected chi connectivity index (χ2v) is 10.3. The Morgan fingerprint density at radius 2 is 1.66 bits per heavy atom. The van der Waals surface area contributed by atoms with Crippen molar-refractivity contribution in [2.24, 2.45) is 0 Å². The Labute approximate surface area is 227 Å². The predicted molar refractivity (Wildman–Crippen MR) is 150 cm³/mol. The largest absolute Gasteiger partial charge is 0.449 e. The highest BCUT2D eigenvalue weighted by Gasteiger charge is 2.26. The number of hydrogen-bond acceptors (Lipinski definition) is 4. The number of hydrogen-bond donors (Lipinski definition) is 1. The van der Waals surface area contributed by atoms with Crippen LogP contribution in [0.5, 0.6) is 0 Å². The average Bonchev–Trinajstić information content (AvgIpc) is 3.27. The van der Waals surface area contributed by atoms with Crippen molar-refractivity contribution in [1.82, 2.24) is 19.4 Å². The van der Waals surface area contributed by atoms with Crippen LogP contribution in [0.25, 0.3) is 11.0 Å². The van der Waals surface area contributed by atoms with Crippen LogP contribution in [-0.2, 0) is 17.8 Å². The normalized spacial score (nSPS) is 14.3. The first kappa shape index (κ1) is 26.1. The number of aromatic amines is 1. The lowest BCUT2D eigenvalue weighted by atomic mass is 10.0.